The second-order valence-corrected chi connectivity index (χ2v) is 8.40. The molecule has 0 saturated carbocycles. The van der Waals surface area contributed by atoms with Crippen molar-refractivity contribution in [1.29, 1.82) is 0 Å². The molecule has 2 aromatic carbocycles. The maximum Gasteiger partial charge on any atom is 0.242 e. The molecule has 0 bridgehead atoms. The molecule has 162 valence electrons. The molecule has 0 spiro atoms. The van der Waals surface area contributed by atoms with Crippen LogP contribution in [-0.2, 0) is 21.9 Å². The number of thioether (sulfide) groups is 1. The van der Waals surface area contributed by atoms with Gasteiger partial charge in [-0.05, 0) is 31.9 Å². The van der Waals surface area contributed by atoms with Crippen LogP contribution in [0.5, 0.6) is 0 Å². The van der Waals surface area contributed by atoms with Crippen LogP contribution in [0.1, 0.15) is 43.4 Å². The predicted molar refractivity (Wildman–Crippen MR) is 122 cm³/mol. The summed E-state index contributed by atoms with van der Waals surface area (Å²) in [6, 6.07) is 13.9. The summed E-state index contributed by atoms with van der Waals surface area (Å²) in [5.74, 6) is 0.180. The summed E-state index contributed by atoms with van der Waals surface area (Å²) in [7, 11) is 0. The van der Waals surface area contributed by atoms with E-state index < -0.39 is 6.04 Å². The molecular formula is C24H31FN2O2S. The van der Waals surface area contributed by atoms with Gasteiger partial charge >= 0.3 is 0 Å². The van der Waals surface area contributed by atoms with E-state index in [4.69, 9.17) is 0 Å². The van der Waals surface area contributed by atoms with Gasteiger partial charge in [-0.3, -0.25) is 9.59 Å². The summed E-state index contributed by atoms with van der Waals surface area (Å²) in [6.45, 7) is 6.43. The smallest absolute Gasteiger partial charge is 0.242 e. The summed E-state index contributed by atoms with van der Waals surface area (Å²) < 4.78 is 14.2. The Hall–Kier alpha value is -2.34. The molecule has 0 heterocycles. The summed E-state index contributed by atoms with van der Waals surface area (Å²) in [6.07, 6.45) is 1.86. The molecule has 0 aliphatic heterocycles. The van der Waals surface area contributed by atoms with Crippen LogP contribution >= 0.6 is 11.8 Å². The molecule has 1 unspecified atom stereocenters. The van der Waals surface area contributed by atoms with Crippen LogP contribution in [0.25, 0.3) is 0 Å². The third-order valence-corrected chi connectivity index (χ3v) is 5.86. The molecule has 1 N–H and O–H groups in total. The second-order valence-electron chi connectivity index (χ2n) is 7.42. The first kappa shape index (κ1) is 23.9. The van der Waals surface area contributed by atoms with Gasteiger partial charge in [-0.25, -0.2) is 4.39 Å². The number of nitrogens with one attached hydrogen (secondary N) is 1. The fourth-order valence-corrected chi connectivity index (χ4v) is 3.93. The number of benzene rings is 2. The Morgan fingerprint density at radius 1 is 1.17 bits per heavy atom. The number of rotatable bonds is 11. The summed E-state index contributed by atoms with van der Waals surface area (Å²) in [4.78, 5) is 27.0. The first-order valence-corrected chi connectivity index (χ1v) is 11.5. The molecule has 1 atom stereocenters. The number of hydrogen-bond donors (Lipinski definition) is 1. The highest BCUT2D eigenvalue weighted by Crippen LogP contribution is 2.18. The van der Waals surface area contributed by atoms with Gasteiger partial charge in [0.2, 0.25) is 11.8 Å². The van der Waals surface area contributed by atoms with Gasteiger partial charge in [0, 0.05) is 24.4 Å². The van der Waals surface area contributed by atoms with Crippen molar-refractivity contribution in [3.63, 3.8) is 0 Å². The number of amides is 2. The van der Waals surface area contributed by atoms with E-state index >= 15 is 0 Å². The topological polar surface area (TPSA) is 49.4 Å². The van der Waals surface area contributed by atoms with Crippen molar-refractivity contribution < 1.29 is 14.0 Å². The van der Waals surface area contributed by atoms with Crippen molar-refractivity contribution in [3.8, 4) is 0 Å². The van der Waals surface area contributed by atoms with Crippen LogP contribution in [0.4, 0.5) is 4.39 Å². The van der Waals surface area contributed by atoms with Gasteiger partial charge in [-0.2, -0.15) is 0 Å². The standard InChI is InChI=1S/C24H31FN2O2S/c1-4-5-13-26-24(29)19(3)27(15-21-11-6-7-12-22(21)25)23(28)17-30-16-20-10-8-9-18(2)14-20/h6-12,14,19H,4-5,13,15-17H2,1-3H3,(H,26,29). The number of carbonyl (C=O) groups excluding carboxylic acids is 2. The number of halogens is 1. The lowest BCUT2D eigenvalue weighted by Crippen LogP contribution is -2.48. The average Bonchev–Trinajstić information content (AvgIpc) is 2.72. The van der Waals surface area contributed by atoms with Gasteiger partial charge in [-0.1, -0.05) is 61.4 Å². The van der Waals surface area contributed by atoms with E-state index in [1.165, 1.54) is 28.3 Å². The molecule has 2 rings (SSSR count). The minimum absolute atomic E-state index is 0.0683. The molecule has 2 amide bonds. The molecule has 2 aromatic rings. The molecule has 0 radical (unpaired) electrons. The molecule has 0 aliphatic rings. The molecule has 6 heteroatoms. The van der Waals surface area contributed by atoms with Crippen LogP contribution < -0.4 is 5.32 Å². The highest BCUT2D eigenvalue weighted by Gasteiger charge is 2.26. The largest absolute Gasteiger partial charge is 0.354 e. The van der Waals surface area contributed by atoms with Crippen LogP contribution in [0.3, 0.4) is 0 Å². The molecule has 0 aromatic heterocycles. The number of aryl methyl sites for hydroxylation is 1. The fourth-order valence-electron chi connectivity index (χ4n) is 3.07. The summed E-state index contributed by atoms with van der Waals surface area (Å²) >= 11 is 1.50. The van der Waals surface area contributed by atoms with E-state index in [0.29, 0.717) is 17.9 Å². The molecular weight excluding hydrogens is 399 g/mol. The van der Waals surface area contributed by atoms with E-state index in [-0.39, 0.29) is 29.9 Å². The Bertz CT molecular complexity index is 843. The lowest BCUT2D eigenvalue weighted by Gasteiger charge is -2.29. The zero-order valence-electron chi connectivity index (χ0n) is 18.0. The summed E-state index contributed by atoms with van der Waals surface area (Å²) in [5.41, 5.74) is 2.74. The van der Waals surface area contributed by atoms with E-state index in [2.05, 4.69) is 18.3 Å². The highest BCUT2D eigenvalue weighted by atomic mass is 32.2. The number of hydrogen-bond acceptors (Lipinski definition) is 3. The molecule has 4 nitrogen and oxygen atoms in total. The van der Waals surface area contributed by atoms with E-state index in [1.54, 1.807) is 25.1 Å². The van der Waals surface area contributed by atoms with Crippen LogP contribution in [0, 0.1) is 12.7 Å². The number of carbonyl (C=O) groups is 2. The number of nitrogens with zero attached hydrogens (tertiary/aromatic N) is 1. The Kier molecular flexibility index (Phi) is 9.87. The minimum Gasteiger partial charge on any atom is -0.354 e. The lowest BCUT2D eigenvalue weighted by molar-refractivity contribution is -0.138. The van der Waals surface area contributed by atoms with Gasteiger partial charge in [0.25, 0.3) is 0 Å². The van der Waals surface area contributed by atoms with Crippen molar-refractivity contribution in [1.82, 2.24) is 10.2 Å². The lowest BCUT2D eigenvalue weighted by atomic mass is 10.1. The quantitative estimate of drug-likeness (QED) is 0.526. The highest BCUT2D eigenvalue weighted by molar-refractivity contribution is 7.99. The fraction of sp³-hybridized carbons (Fsp3) is 0.417. The maximum atomic E-state index is 14.2. The molecule has 0 saturated heterocycles. The van der Waals surface area contributed by atoms with Gasteiger partial charge in [0.15, 0.2) is 0 Å². The Morgan fingerprint density at radius 3 is 2.63 bits per heavy atom. The second kappa shape index (κ2) is 12.4. The number of unbranched alkanes of at least 4 members (excludes halogenated alkanes) is 1. The zero-order valence-corrected chi connectivity index (χ0v) is 18.8. The Labute approximate surface area is 183 Å². The monoisotopic (exact) mass is 430 g/mol. The zero-order chi connectivity index (χ0) is 21.9. The van der Waals surface area contributed by atoms with E-state index in [9.17, 15) is 14.0 Å². The van der Waals surface area contributed by atoms with E-state index in [0.717, 1.165) is 18.4 Å². The van der Waals surface area contributed by atoms with Crippen LogP contribution in [-0.4, -0.2) is 35.1 Å². The van der Waals surface area contributed by atoms with Crippen LogP contribution in [0.2, 0.25) is 0 Å². The first-order valence-electron chi connectivity index (χ1n) is 10.4. The van der Waals surface area contributed by atoms with Crippen LogP contribution in [0.15, 0.2) is 48.5 Å². The van der Waals surface area contributed by atoms with Crippen molar-refractivity contribution in [2.45, 2.75) is 52.0 Å². The molecule has 30 heavy (non-hydrogen) atoms. The van der Waals surface area contributed by atoms with Crippen molar-refractivity contribution in [2.24, 2.45) is 0 Å². The molecule has 0 aliphatic carbocycles. The summed E-state index contributed by atoms with van der Waals surface area (Å²) in [5, 5.41) is 2.87. The molecule has 0 fully saturated rings. The Balaban J connectivity index is 2.05. The van der Waals surface area contributed by atoms with Gasteiger partial charge in [0.1, 0.15) is 11.9 Å². The third-order valence-electron chi connectivity index (χ3n) is 4.87. The van der Waals surface area contributed by atoms with Crippen molar-refractivity contribution in [2.75, 3.05) is 12.3 Å². The first-order chi connectivity index (χ1) is 14.4. The van der Waals surface area contributed by atoms with E-state index in [1.807, 2.05) is 25.1 Å². The van der Waals surface area contributed by atoms with Gasteiger partial charge < -0.3 is 10.2 Å². The Morgan fingerprint density at radius 2 is 1.93 bits per heavy atom. The predicted octanol–water partition coefficient (Wildman–Crippen LogP) is 4.70. The van der Waals surface area contributed by atoms with Crippen molar-refractivity contribution in [3.05, 3.63) is 71.0 Å². The van der Waals surface area contributed by atoms with Crippen molar-refractivity contribution >= 4 is 23.6 Å². The van der Waals surface area contributed by atoms with Gasteiger partial charge in [0.05, 0.1) is 5.75 Å². The third kappa shape index (κ3) is 7.48. The minimum atomic E-state index is -0.673. The normalized spacial score (nSPS) is 11.7. The van der Waals surface area contributed by atoms with Gasteiger partial charge in [-0.15, -0.1) is 11.8 Å². The average molecular weight is 431 g/mol. The maximum absolute atomic E-state index is 14.2. The SMILES string of the molecule is CCCCNC(=O)C(C)N(Cc1ccccc1F)C(=O)CSCc1cccc(C)c1.